The number of nitrogens with one attached hydrogen (secondary N) is 1. The third-order valence-electron chi connectivity index (χ3n) is 4.76. The molecular weight excluding hydrogens is 446 g/mol. The summed E-state index contributed by atoms with van der Waals surface area (Å²) in [6.45, 7) is 0.294. The number of fused-ring (bicyclic) bond motifs is 1. The van der Waals surface area contributed by atoms with Crippen molar-refractivity contribution >= 4 is 39.2 Å². The Bertz CT molecular complexity index is 1300. The molecule has 0 aliphatic carbocycles. The maximum absolute atomic E-state index is 13.1. The average molecular weight is 468 g/mol. The van der Waals surface area contributed by atoms with Gasteiger partial charge in [0, 0.05) is 12.1 Å². The maximum atomic E-state index is 13.1. The molecule has 0 aliphatic rings. The smallest absolute Gasteiger partial charge is 0.276 e. The van der Waals surface area contributed by atoms with Crippen LogP contribution in [-0.4, -0.2) is 35.4 Å². The molecule has 2 aromatic heterocycles. The van der Waals surface area contributed by atoms with Crippen LogP contribution in [0.2, 0.25) is 0 Å². The molecule has 0 bridgehead atoms. The standard InChI is InChI=1S/C23H21N3O4S2/c1-29-18-10-6-7-15(20(18)30-2)13-24-19(27)14-32-23-25-17-11-12-31-21(17)22(28)26(23)16-8-4-3-5-9-16/h3-12H,13-14H2,1-2H3,(H,24,27). The Hall–Kier alpha value is -3.30. The number of hydrogen-bond acceptors (Lipinski definition) is 7. The van der Waals surface area contributed by atoms with Crippen LogP contribution in [0.1, 0.15) is 5.56 Å². The van der Waals surface area contributed by atoms with Gasteiger partial charge in [-0.25, -0.2) is 4.98 Å². The SMILES string of the molecule is COc1cccc(CNC(=O)CSc2nc3ccsc3c(=O)n2-c2ccccc2)c1OC. The lowest BCUT2D eigenvalue weighted by Gasteiger charge is -2.14. The van der Waals surface area contributed by atoms with Crippen LogP contribution in [0.15, 0.2) is 69.9 Å². The highest BCUT2D eigenvalue weighted by Crippen LogP contribution is 2.30. The Morgan fingerprint density at radius 2 is 1.91 bits per heavy atom. The molecule has 0 saturated carbocycles. The third-order valence-corrected chi connectivity index (χ3v) is 6.59. The number of methoxy groups -OCH3 is 2. The molecule has 9 heteroatoms. The summed E-state index contributed by atoms with van der Waals surface area (Å²) < 4.78 is 12.9. The van der Waals surface area contributed by atoms with Crippen molar-refractivity contribution in [3.05, 3.63) is 75.9 Å². The molecule has 1 amide bonds. The fraction of sp³-hybridized carbons (Fsp3) is 0.174. The Balaban J connectivity index is 1.52. The summed E-state index contributed by atoms with van der Waals surface area (Å²) in [5, 5.41) is 5.21. The summed E-state index contributed by atoms with van der Waals surface area (Å²) in [4.78, 5) is 30.3. The van der Waals surface area contributed by atoms with E-state index in [0.717, 1.165) is 5.56 Å². The molecule has 0 spiro atoms. The van der Waals surface area contributed by atoms with Gasteiger partial charge in [0.15, 0.2) is 16.7 Å². The number of nitrogens with zero attached hydrogens (tertiary/aromatic N) is 2. The first-order valence-electron chi connectivity index (χ1n) is 9.77. The molecule has 4 aromatic rings. The largest absolute Gasteiger partial charge is 0.493 e. The van der Waals surface area contributed by atoms with E-state index < -0.39 is 0 Å². The predicted octanol–water partition coefficient (Wildman–Crippen LogP) is 3.87. The van der Waals surface area contributed by atoms with Gasteiger partial charge < -0.3 is 14.8 Å². The van der Waals surface area contributed by atoms with Crippen LogP contribution >= 0.6 is 23.1 Å². The molecule has 7 nitrogen and oxygen atoms in total. The van der Waals surface area contributed by atoms with Crippen molar-refractivity contribution in [1.82, 2.24) is 14.9 Å². The Labute approximate surface area is 193 Å². The number of ether oxygens (including phenoxy) is 2. The molecule has 0 atom stereocenters. The lowest BCUT2D eigenvalue weighted by molar-refractivity contribution is -0.118. The zero-order chi connectivity index (χ0) is 22.5. The summed E-state index contributed by atoms with van der Waals surface area (Å²) >= 11 is 2.59. The third kappa shape index (κ3) is 4.49. The van der Waals surface area contributed by atoms with Crippen molar-refractivity contribution < 1.29 is 14.3 Å². The van der Waals surface area contributed by atoms with Crippen molar-refractivity contribution in [2.24, 2.45) is 0 Å². The minimum absolute atomic E-state index is 0.112. The van der Waals surface area contributed by atoms with Gasteiger partial charge in [-0.1, -0.05) is 42.1 Å². The van der Waals surface area contributed by atoms with E-state index in [1.165, 1.54) is 23.1 Å². The Morgan fingerprint density at radius 1 is 1.09 bits per heavy atom. The van der Waals surface area contributed by atoms with Gasteiger partial charge in [-0.05, 0) is 29.6 Å². The van der Waals surface area contributed by atoms with Gasteiger partial charge in [-0.15, -0.1) is 11.3 Å². The van der Waals surface area contributed by atoms with Crippen molar-refractivity contribution in [3.8, 4) is 17.2 Å². The van der Waals surface area contributed by atoms with Crippen LogP contribution in [0.3, 0.4) is 0 Å². The molecule has 2 heterocycles. The molecule has 2 aromatic carbocycles. The summed E-state index contributed by atoms with van der Waals surface area (Å²) in [7, 11) is 3.13. The van der Waals surface area contributed by atoms with Crippen LogP contribution in [0.25, 0.3) is 15.9 Å². The minimum Gasteiger partial charge on any atom is -0.493 e. The second kappa shape index (κ2) is 9.88. The number of aromatic nitrogens is 2. The van der Waals surface area contributed by atoms with Crippen molar-refractivity contribution in [2.75, 3.05) is 20.0 Å². The highest BCUT2D eigenvalue weighted by atomic mass is 32.2. The molecule has 0 saturated heterocycles. The summed E-state index contributed by atoms with van der Waals surface area (Å²) in [5.74, 6) is 1.12. The monoisotopic (exact) mass is 467 g/mol. The van der Waals surface area contributed by atoms with Crippen LogP contribution in [0, 0.1) is 0 Å². The van der Waals surface area contributed by atoms with E-state index in [0.29, 0.717) is 39.1 Å². The molecule has 164 valence electrons. The predicted molar refractivity (Wildman–Crippen MR) is 127 cm³/mol. The summed E-state index contributed by atoms with van der Waals surface area (Å²) in [6.07, 6.45) is 0. The zero-order valence-corrected chi connectivity index (χ0v) is 19.2. The van der Waals surface area contributed by atoms with Crippen molar-refractivity contribution in [1.29, 1.82) is 0 Å². The van der Waals surface area contributed by atoms with Gasteiger partial charge in [0.1, 0.15) is 4.70 Å². The average Bonchev–Trinajstić information content (AvgIpc) is 3.30. The van der Waals surface area contributed by atoms with Gasteiger partial charge in [0.05, 0.1) is 31.2 Å². The van der Waals surface area contributed by atoms with Crippen LogP contribution in [0.5, 0.6) is 11.5 Å². The summed E-state index contributed by atoms with van der Waals surface area (Å²) in [5.41, 5.74) is 2.02. The maximum Gasteiger partial charge on any atom is 0.276 e. The van der Waals surface area contributed by atoms with E-state index in [4.69, 9.17) is 9.47 Å². The number of carbonyl (C=O) groups excluding carboxylic acids is 1. The Morgan fingerprint density at radius 3 is 2.66 bits per heavy atom. The van der Waals surface area contributed by atoms with Crippen LogP contribution in [-0.2, 0) is 11.3 Å². The molecule has 0 aliphatic heterocycles. The van der Waals surface area contributed by atoms with Gasteiger partial charge in [0.2, 0.25) is 5.91 Å². The van der Waals surface area contributed by atoms with Gasteiger partial charge in [-0.3, -0.25) is 14.2 Å². The molecule has 1 N–H and O–H groups in total. The first-order valence-corrected chi connectivity index (χ1v) is 11.6. The summed E-state index contributed by atoms with van der Waals surface area (Å²) in [6, 6.07) is 16.6. The molecular formula is C23H21N3O4S2. The van der Waals surface area contributed by atoms with Crippen LogP contribution in [0.4, 0.5) is 0 Å². The quantitative estimate of drug-likeness (QED) is 0.313. The number of hydrogen-bond donors (Lipinski definition) is 1. The fourth-order valence-electron chi connectivity index (χ4n) is 3.26. The number of thioether (sulfide) groups is 1. The molecule has 4 rings (SSSR count). The fourth-order valence-corrected chi connectivity index (χ4v) is 4.86. The van der Waals surface area contributed by atoms with E-state index in [1.54, 1.807) is 24.9 Å². The van der Waals surface area contributed by atoms with Crippen molar-refractivity contribution in [3.63, 3.8) is 0 Å². The normalized spacial score (nSPS) is 10.8. The van der Waals surface area contributed by atoms with E-state index >= 15 is 0 Å². The molecule has 0 unspecified atom stereocenters. The zero-order valence-electron chi connectivity index (χ0n) is 17.5. The Kier molecular flexibility index (Phi) is 6.77. The number of rotatable bonds is 8. The number of carbonyl (C=O) groups is 1. The lowest BCUT2D eigenvalue weighted by atomic mass is 10.2. The molecule has 0 radical (unpaired) electrons. The number of thiophene rings is 1. The second-order valence-electron chi connectivity index (χ2n) is 6.72. The topological polar surface area (TPSA) is 82.5 Å². The minimum atomic E-state index is -0.181. The second-order valence-corrected chi connectivity index (χ2v) is 8.58. The van der Waals surface area contributed by atoms with E-state index in [-0.39, 0.29) is 17.2 Å². The van der Waals surface area contributed by atoms with E-state index in [9.17, 15) is 9.59 Å². The molecule has 32 heavy (non-hydrogen) atoms. The first-order chi connectivity index (χ1) is 15.6. The number of benzene rings is 2. The highest BCUT2D eigenvalue weighted by Gasteiger charge is 2.16. The van der Waals surface area contributed by atoms with Gasteiger partial charge in [0.25, 0.3) is 5.56 Å². The van der Waals surface area contributed by atoms with Gasteiger partial charge >= 0.3 is 0 Å². The van der Waals surface area contributed by atoms with E-state index in [2.05, 4.69) is 10.3 Å². The van der Waals surface area contributed by atoms with Gasteiger partial charge in [-0.2, -0.15) is 0 Å². The first kappa shape index (κ1) is 21.9. The number of amides is 1. The van der Waals surface area contributed by atoms with E-state index in [1.807, 2.05) is 53.9 Å². The molecule has 0 fully saturated rings. The lowest BCUT2D eigenvalue weighted by Crippen LogP contribution is -2.26. The van der Waals surface area contributed by atoms with Crippen molar-refractivity contribution in [2.45, 2.75) is 11.7 Å². The highest BCUT2D eigenvalue weighted by molar-refractivity contribution is 7.99. The number of para-hydroxylation sites is 2. The van der Waals surface area contributed by atoms with Crippen LogP contribution < -0.4 is 20.3 Å².